The summed E-state index contributed by atoms with van der Waals surface area (Å²) in [5.74, 6) is -1.17. The van der Waals surface area contributed by atoms with Gasteiger partial charge >= 0.3 is 41.4 Å². The van der Waals surface area contributed by atoms with Gasteiger partial charge in [0.05, 0.1) is 22.1 Å². The number of carboxylic acids is 1. The molecule has 0 saturated heterocycles. The summed E-state index contributed by atoms with van der Waals surface area (Å²) in [5.41, 5.74) is -1.90. The molecule has 1 atom stereocenters. The smallest absolute Gasteiger partial charge is 0.546 e. The number of alkyl halides is 3. The van der Waals surface area contributed by atoms with Gasteiger partial charge in [0.15, 0.2) is 0 Å². The first-order valence-corrected chi connectivity index (χ1v) is 10.9. The van der Waals surface area contributed by atoms with Crippen LogP contribution < -0.4 is 50.6 Å². The maximum atomic E-state index is 13.2. The molecule has 8 nitrogen and oxygen atoms in total. The van der Waals surface area contributed by atoms with E-state index in [2.05, 4.69) is 4.37 Å². The van der Waals surface area contributed by atoms with Crippen LogP contribution in [0.1, 0.15) is 18.2 Å². The van der Waals surface area contributed by atoms with Crippen LogP contribution in [0.4, 0.5) is 13.2 Å². The molecule has 0 aliphatic rings. The molecule has 0 aliphatic carbocycles. The predicted octanol–water partition coefficient (Wildman–Crippen LogP) is -0.339. The van der Waals surface area contributed by atoms with Crippen molar-refractivity contribution in [3.8, 4) is 22.7 Å². The van der Waals surface area contributed by atoms with Gasteiger partial charge in [-0.1, -0.05) is 11.6 Å². The number of nitrogens with zero attached hydrogens (tertiary/aromatic N) is 3. The molecule has 0 spiro atoms. The topological polar surface area (TPSA) is 106 Å². The standard InChI is InChI=1S/C23H18F3N3O5S.Na/c1-11-4-6-16(34-12(2)21(31)32)14(8-11)20-15-9-13(5-7-17(15)35-27-20)29-19(30)10-18(23(24,25)26)28(3)22(29)33;/h4-10,12H,1-3H3,(H,31,32);/q;+1/p-1. The van der Waals surface area contributed by atoms with E-state index in [1.165, 1.54) is 19.1 Å². The van der Waals surface area contributed by atoms with Gasteiger partial charge in [0.25, 0.3) is 5.56 Å². The second kappa shape index (κ2) is 10.2. The SMILES string of the molecule is Cc1ccc(OC(C)C(=O)[O-])c(-c2nsc3ccc(-n4c(=O)cc(C(F)(F)F)n(C)c4=O)cc23)c1.[Na+]. The van der Waals surface area contributed by atoms with Crippen LogP contribution in [0.15, 0.2) is 52.1 Å². The number of fused-ring (bicyclic) bond motifs is 1. The second-order valence-corrected chi connectivity index (χ2v) is 8.64. The van der Waals surface area contributed by atoms with Crippen molar-refractivity contribution in [2.45, 2.75) is 26.1 Å². The molecular weight excluding hydrogens is 510 g/mol. The zero-order valence-corrected chi connectivity index (χ0v) is 22.4. The number of hydrogen-bond acceptors (Lipinski definition) is 7. The monoisotopic (exact) mass is 527 g/mol. The molecule has 2 aromatic carbocycles. The summed E-state index contributed by atoms with van der Waals surface area (Å²) in [5, 5.41) is 11.7. The molecule has 0 bridgehead atoms. The van der Waals surface area contributed by atoms with Crippen LogP contribution >= 0.6 is 11.5 Å². The van der Waals surface area contributed by atoms with Crippen LogP contribution in [0.25, 0.3) is 27.0 Å². The third kappa shape index (κ3) is 5.12. The van der Waals surface area contributed by atoms with Crippen molar-refractivity contribution in [2.75, 3.05) is 0 Å². The van der Waals surface area contributed by atoms with Crippen LogP contribution in [-0.4, -0.2) is 25.6 Å². The molecule has 0 saturated carbocycles. The van der Waals surface area contributed by atoms with Crippen LogP contribution in [0.2, 0.25) is 0 Å². The van der Waals surface area contributed by atoms with E-state index in [9.17, 15) is 32.7 Å². The van der Waals surface area contributed by atoms with Gasteiger partial charge in [-0.2, -0.15) is 17.5 Å². The van der Waals surface area contributed by atoms with E-state index in [-0.39, 0.29) is 41.0 Å². The summed E-state index contributed by atoms with van der Waals surface area (Å²) >= 11 is 1.12. The molecule has 0 N–H and O–H groups in total. The first kappa shape index (κ1) is 27.7. The number of aromatic nitrogens is 3. The van der Waals surface area contributed by atoms with Crippen LogP contribution in [0.3, 0.4) is 0 Å². The Labute approximate surface area is 228 Å². The van der Waals surface area contributed by atoms with E-state index in [4.69, 9.17) is 4.74 Å². The van der Waals surface area contributed by atoms with Gasteiger partial charge in [-0.25, -0.2) is 9.36 Å². The van der Waals surface area contributed by atoms with Crippen molar-refractivity contribution < 1.29 is 57.4 Å². The van der Waals surface area contributed by atoms with E-state index < -0.39 is 35.2 Å². The molecule has 0 radical (unpaired) electrons. The minimum atomic E-state index is -4.87. The Morgan fingerprint density at radius 2 is 1.83 bits per heavy atom. The van der Waals surface area contributed by atoms with E-state index in [0.717, 1.165) is 24.1 Å². The van der Waals surface area contributed by atoms with Gasteiger partial charge in [0, 0.05) is 24.1 Å². The number of carboxylic acid groups (broad SMARTS) is 1. The number of aryl methyl sites for hydroxylation is 1. The van der Waals surface area contributed by atoms with Crippen LogP contribution in [0.5, 0.6) is 5.75 Å². The zero-order chi connectivity index (χ0) is 25.7. The van der Waals surface area contributed by atoms with Gasteiger partial charge in [-0.3, -0.25) is 9.36 Å². The molecular formula is C23H17F3N3NaO5S. The maximum absolute atomic E-state index is 13.2. The number of carbonyl (C=O) groups is 1. The summed E-state index contributed by atoms with van der Waals surface area (Å²) < 4.78 is 51.2. The van der Waals surface area contributed by atoms with Gasteiger partial charge in [0.2, 0.25) is 0 Å². The summed E-state index contributed by atoms with van der Waals surface area (Å²) in [6.45, 7) is 3.14. The largest absolute Gasteiger partial charge is 1.00 e. The Balaban J connectivity index is 0.00000361. The van der Waals surface area contributed by atoms with Crippen molar-refractivity contribution in [3.05, 3.63) is 74.6 Å². The summed E-state index contributed by atoms with van der Waals surface area (Å²) in [6.07, 6.45) is -6.12. The minimum absolute atomic E-state index is 0. The number of hydrogen-bond donors (Lipinski definition) is 0. The first-order chi connectivity index (χ1) is 16.4. The van der Waals surface area contributed by atoms with Gasteiger partial charge in [0.1, 0.15) is 17.5 Å². The van der Waals surface area contributed by atoms with E-state index >= 15 is 0 Å². The Bertz CT molecular complexity index is 1590. The number of carbonyl (C=O) groups excluding carboxylic acids is 1. The third-order valence-corrected chi connectivity index (χ3v) is 6.17. The molecule has 182 valence electrons. The number of ether oxygens (including phenoxy) is 1. The Morgan fingerprint density at radius 1 is 1.14 bits per heavy atom. The van der Waals surface area contributed by atoms with Crippen LogP contribution in [0, 0.1) is 6.92 Å². The van der Waals surface area contributed by atoms with Crippen molar-refractivity contribution in [1.82, 2.24) is 13.5 Å². The van der Waals surface area contributed by atoms with E-state index in [1.807, 2.05) is 6.92 Å². The molecule has 2 aromatic heterocycles. The molecule has 13 heteroatoms. The molecule has 0 amide bonds. The Hall–Kier alpha value is -2.93. The molecule has 36 heavy (non-hydrogen) atoms. The molecule has 2 heterocycles. The van der Waals surface area contributed by atoms with Gasteiger partial charge < -0.3 is 14.6 Å². The Kier molecular flexibility index (Phi) is 7.84. The number of rotatable bonds is 5. The molecule has 4 aromatic rings. The average molecular weight is 527 g/mol. The number of aliphatic carboxylic acids is 1. The van der Waals surface area contributed by atoms with Crippen molar-refractivity contribution in [2.24, 2.45) is 7.05 Å². The maximum Gasteiger partial charge on any atom is 1.00 e. The molecule has 1 unspecified atom stereocenters. The van der Waals surface area contributed by atoms with Crippen molar-refractivity contribution in [3.63, 3.8) is 0 Å². The van der Waals surface area contributed by atoms with Gasteiger partial charge in [-0.15, -0.1) is 0 Å². The average Bonchev–Trinajstić information content (AvgIpc) is 3.20. The number of benzene rings is 2. The second-order valence-electron chi connectivity index (χ2n) is 7.83. The normalized spacial score (nSPS) is 12.3. The molecule has 0 aliphatic heterocycles. The fourth-order valence-corrected chi connectivity index (χ4v) is 4.33. The third-order valence-electron chi connectivity index (χ3n) is 5.35. The minimum Gasteiger partial charge on any atom is -0.546 e. The quantitative estimate of drug-likeness (QED) is 0.329. The van der Waals surface area contributed by atoms with Crippen molar-refractivity contribution in [1.29, 1.82) is 0 Å². The fourth-order valence-electron chi connectivity index (χ4n) is 3.57. The zero-order valence-electron chi connectivity index (χ0n) is 19.5. The number of halogens is 3. The summed E-state index contributed by atoms with van der Waals surface area (Å²) in [7, 11) is 0.937. The summed E-state index contributed by atoms with van der Waals surface area (Å²) in [6, 6.07) is 9.93. The Morgan fingerprint density at radius 3 is 2.47 bits per heavy atom. The summed E-state index contributed by atoms with van der Waals surface area (Å²) in [4.78, 5) is 36.4. The molecule has 4 rings (SSSR count). The van der Waals surface area contributed by atoms with Crippen LogP contribution in [-0.2, 0) is 18.0 Å². The van der Waals surface area contributed by atoms with Gasteiger partial charge in [-0.05, 0) is 55.7 Å². The predicted molar refractivity (Wildman–Crippen MR) is 121 cm³/mol. The van der Waals surface area contributed by atoms with E-state index in [1.54, 1.807) is 24.3 Å². The molecule has 0 fully saturated rings. The van der Waals surface area contributed by atoms with Crippen molar-refractivity contribution >= 4 is 27.6 Å². The fraction of sp³-hybridized carbons (Fsp3) is 0.217. The van der Waals surface area contributed by atoms with E-state index in [0.29, 0.717) is 36.5 Å². The first-order valence-electron chi connectivity index (χ1n) is 10.2.